The number of rotatable bonds is 3. The van der Waals surface area contributed by atoms with Crippen molar-refractivity contribution in [1.29, 1.82) is 0 Å². The van der Waals surface area contributed by atoms with Crippen molar-refractivity contribution in [3.05, 3.63) is 108 Å². The Balaban J connectivity index is 1.59. The second kappa shape index (κ2) is 7.49. The number of aromatic nitrogens is 4. The second-order valence-corrected chi connectivity index (χ2v) is 7.52. The molecular formula is C26H15FN4O2. The Kier molecular flexibility index (Phi) is 4.33. The third-order valence-corrected chi connectivity index (χ3v) is 5.46. The van der Waals surface area contributed by atoms with Gasteiger partial charge in [0.25, 0.3) is 5.56 Å². The number of oxazole rings is 1. The minimum atomic E-state index is -0.367. The molecule has 0 radical (unpaired) electrons. The zero-order chi connectivity index (χ0) is 22.4. The molecule has 7 heteroatoms. The molecule has 0 bridgehead atoms. The van der Waals surface area contributed by atoms with Gasteiger partial charge in [0.1, 0.15) is 11.3 Å². The van der Waals surface area contributed by atoms with E-state index >= 15 is 0 Å². The van der Waals surface area contributed by atoms with Gasteiger partial charge in [-0.05, 0) is 60.7 Å². The fourth-order valence-electron chi connectivity index (χ4n) is 3.83. The van der Waals surface area contributed by atoms with Crippen LogP contribution in [-0.4, -0.2) is 19.5 Å². The molecule has 0 aliphatic rings. The lowest BCUT2D eigenvalue weighted by Gasteiger charge is -2.05. The van der Waals surface area contributed by atoms with Gasteiger partial charge in [-0.15, -0.1) is 0 Å². The summed E-state index contributed by atoms with van der Waals surface area (Å²) in [5, 5.41) is 1.66. The lowest BCUT2D eigenvalue weighted by atomic mass is 10.1. The van der Waals surface area contributed by atoms with Gasteiger partial charge in [0.2, 0.25) is 5.89 Å². The average molecular weight is 434 g/mol. The highest BCUT2D eigenvalue weighted by Gasteiger charge is 2.20. The molecule has 6 rings (SSSR count). The second-order valence-electron chi connectivity index (χ2n) is 7.52. The van der Waals surface area contributed by atoms with Crippen molar-refractivity contribution in [3.8, 4) is 28.6 Å². The van der Waals surface area contributed by atoms with Crippen LogP contribution in [0.2, 0.25) is 0 Å². The Hall–Kier alpha value is -4.65. The van der Waals surface area contributed by atoms with Crippen molar-refractivity contribution >= 4 is 21.8 Å². The van der Waals surface area contributed by atoms with Crippen LogP contribution in [0.1, 0.15) is 0 Å². The summed E-state index contributed by atoms with van der Waals surface area (Å²) >= 11 is 0. The fourth-order valence-corrected chi connectivity index (χ4v) is 3.83. The molecule has 4 aromatic heterocycles. The van der Waals surface area contributed by atoms with Gasteiger partial charge in [-0.2, -0.15) is 4.98 Å². The van der Waals surface area contributed by atoms with E-state index in [4.69, 9.17) is 4.42 Å². The quantitative estimate of drug-likeness (QED) is 0.373. The zero-order valence-corrected chi connectivity index (χ0v) is 17.1. The molecule has 2 aromatic carbocycles. The number of pyridine rings is 3. The highest BCUT2D eigenvalue weighted by Crippen LogP contribution is 2.33. The Morgan fingerprint density at radius 2 is 1.58 bits per heavy atom. The lowest BCUT2D eigenvalue weighted by Crippen LogP contribution is -2.19. The van der Waals surface area contributed by atoms with Crippen molar-refractivity contribution in [2.45, 2.75) is 0 Å². The SMILES string of the molecule is O=c1c2ncccc2ccn1-c1nc(-c2ccc3ncccc3c2)oc1-c1ccc(F)cc1. The minimum Gasteiger partial charge on any atom is -0.434 e. The van der Waals surface area contributed by atoms with Gasteiger partial charge in [-0.1, -0.05) is 12.1 Å². The van der Waals surface area contributed by atoms with E-state index in [2.05, 4.69) is 15.0 Å². The highest BCUT2D eigenvalue weighted by molar-refractivity contribution is 5.83. The minimum absolute atomic E-state index is 0.306. The molecule has 0 amide bonds. The summed E-state index contributed by atoms with van der Waals surface area (Å²) < 4.78 is 21.1. The van der Waals surface area contributed by atoms with Crippen molar-refractivity contribution in [2.75, 3.05) is 0 Å². The van der Waals surface area contributed by atoms with Crippen LogP contribution in [0.25, 0.3) is 50.4 Å². The highest BCUT2D eigenvalue weighted by atomic mass is 19.1. The van der Waals surface area contributed by atoms with E-state index in [1.54, 1.807) is 42.9 Å². The van der Waals surface area contributed by atoms with Crippen LogP contribution in [0.3, 0.4) is 0 Å². The predicted molar refractivity (Wildman–Crippen MR) is 124 cm³/mol. The molecule has 0 unspecified atom stereocenters. The van der Waals surface area contributed by atoms with Crippen LogP contribution in [0.15, 0.2) is 101 Å². The molecule has 158 valence electrons. The molecule has 0 aliphatic carbocycles. The molecule has 0 spiro atoms. The normalized spacial score (nSPS) is 11.3. The summed E-state index contributed by atoms with van der Waals surface area (Å²) in [6.07, 6.45) is 4.95. The predicted octanol–water partition coefficient (Wildman–Crippen LogP) is 5.40. The lowest BCUT2D eigenvalue weighted by molar-refractivity contribution is 0.587. The first-order chi connectivity index (χ1) is 16.2. The van der Waals surface area contributed by atoms with Crippen molar-refractivity contribution in [3.63, 3.8) is 0 Å². The summed E-state index contributed by atoms with van der Waals surface area (Å²) in [4.78, 5) is 26.5. The molecule has 0 atom stereocenters. The maximum atomic E-state index is 13.6. The van der Waals surface area contributed by atoms with E-state index in [-0.39, 0.29) is 11.4 Å². The number of hydrogen-bond acceptors (Lipinski definition) is 5. The monoisotopic (exact) mass is 434 g/mol. The fraction of sp³-hybridized carbons (Fsp3) is 0. The van der Waals surface area contributed by atoms with Crippen LogP contribution < -0.4 is 5.56 Å². The molecule has 0 saturated heterocycles. The van der Waals surface area contributed by atoms with E-state index in [0.717, 1.165) is 21.9 Å². The van der Waals surface area contributed by atoms with Crippen LogP contribution in [0.4, 0.5) is 4.39 Å². The van der Waals surface area contributed by atoms with Crippen molar-refractivity contribution in [2.24, 2.45) is 0 Å². The van der Waals surface area contributed by atoms with Crippen LogP contribution in [-0.2, 0) is 0 Å². The number of nitrogens with zero attached hydrogens (tertiary/aromatic N) is 4. The molecule has 6 nitrogen and oxygen atoms in total. The van der Waals surface area contributed by atoms with Crippen LogP contribution in [0, 0.1) is 5.82 Å². The zero-order valence-electron chi connectivity index (χ0n) is 17.1. The molecular weight excluding hydrogens is 419 g/mol. The van der Waals surface area contributed by atoms with Gasteiger partial charge in [0.05, 0.1) is 5.52 Å². The van der Waals surface area contributed by atoms with Crippen molar-refractivity contribution in [1.82, 2.24) is 19.5 Å². The van der Waals surface area contributed by atoms with Gasteiger partial charge < -0.3 is 4.42 Å². The molecule has 4 heterocycles. The topological polar surface area (TPSA) is 73.8 Å². The number of hydrogen-bond donors (Lipinski definition) is 0. The molecule has 6 aromatic rings. The first-order valence-electron chi connectivity index (χ1n) is 10.3. The summed E-state index contributed by atoms with van der Waals surface area (Å²) in [5.41, 5.74) is 2.19. The summed E-state index contributed by atoms with van der Waals surface area (Å²) in [6, 6.07) is 20.8. The Morgan fingerprint density at radius 1 is 0.818 bits per heavy atom. The Morgan fingerprint density at radius 3 is 2.42 bits per heavy atom. The third-order valence-electron chi connectivity index (χ3n) is 5.46. The van der Waals surface area contributed by atoms with Gasteiger partial charge in [-0.25, -0.2) is 4.39 Å². The van der Waals surface area contributed by atoms with Crippen molar-refractivity contribution < 1.29 is 8.81 Å². The van der Waals surface area contributed by atoms with E-state index in [1.165, 1.54) is 16.7 Å². The maximum Gasteiger partial charge on any atom is 0.282 e. The van der Waals surface area contributed by atoms with Gasteiger partial charge in [0.15, 0.2) is 11.6 Å². The molecule has 33 heavy (non-hydrogen) atoms. The first-order valence-corrected chi connectivity index (χ1v) is 10.3. The summed E-state index contributed by atoms with van der Waals surface area (Å²) in [5.74, 6) is 0.631. The van der Waals surface area contributed by atoms with E-state index in [0.29, 0.717) is 28.5 Å². The molecule has 0 N–H and O–H groups in total. The Bertz CT molecular complexity index is 1700. The number of benzene rings is 2. The smallest absolute Gasteiger partial charge is 0.282 e. The average Bonchev–Trinajstić information content (AvgIpc) is 3.30. The maximum absolute atomic E-state index is 13.6. The largest absolute Gasteiger partial charge is 0.434 e. The Labute approximate surface area is 186 Å². The van der Waals surface area contributed by atoms with Gasteiger partial charge >= 0.3 is 0 Å². The summed E-state index contributed by atoms with van der Waals surface area (Å²) in [7, 11) is 0. The van der Waals surface area contributed by atoms with E-state index in [1.807, 2.05) is 36.4 Å². The van der Waals surface area contributed by atoms with Gasteiger partial charge in [-0.3, -0.25) is 19.3 Å². The number of halogens is 1. The first kappa shape index (κ1) is 19.1. The molecule has 0 saturated carbocycles. The number of fused-ring (bicyclic) bond motifs is 2. The molecule has 0 aliphatic heterocycles. The van der Waals surface area contributed by atoms with E-state index in [9.17, 15) is 9.18 Å². The standard InChI is InChI=1S/C26H15FN4O2/c27-20-8-5-17(6-9-20)23-24(31-14-11-16-3-1-13-29-22(16)26(31)32)30-25(33-23)19-7-10-21-18(15-19)4-2-12-28-21/h1-15H. The summed E-state index contributed by atoms with van der Waals surface area (Å²) in [6.45, 7) is 0. The van der Waals surface area contributed by atoms with Crippen LogP contribution >= 0.6 is 0 Å². The third kappa shape index (κ3) is 3.27. The van der Waals surface area contributed by atoms with E-state index < -0.39 is 0 Å². The van der Waals surface area contributed by atoms with Crippen LogP contribution in [0.5, 0.6) is 0 Å². The molecule has 0 fully saturated rings. The van der Waals surface area contributed by atoms with Gasteiger partial charge in [0, 0.05) is 40.5 Å².